The van der Waals surface area contributed by atoms with Crippen LogP contribution in [-0.2, 0) is 0 Å². The highest BCUT2D eigenvalue weighted by atomic mass is 79.9. The summed E-state index contributed by atoms with van der Waals surface area (Å²) in [4.78, 5) is 1.11. The predicted octanol–water partition coefficient (Wildman–Crippen LogP) is 4.60. The number of benzene rings is 1. The van der Waals surface area contributed by atoms with E-state index in [1.807, 2.05) is 30.0 Å². The lowest BCUT2D eigenvalue weighted by molar-refractivity contribution is 0.623. The Kier molecular flexibility index (Phi) is 4.31. The van der Waals surface area contributed by atoms with Crippen molar-refractivity contribution in [3.05, 3.63) is 28.2 Å². The summed E-state index contributed by atoms with van der Waals surface area (Å²) in [5, 5.41) is 9.10. The fourth-order valence-corrected chi connectivity index (χ4v) is 3.93. The molecule has 0 bridgehead atoms. The molecule has 0 radical (unpaired) electrons. The molecular weight excluding hydrogens is 282 g/mol. The lowest BCUT2D eigenvalue weighted by atomic mass is 10.1. The van der Waals surface area contributed by atoms with Crippen LogP contribution in [-0.4, -0.2) is 5.75 Å². The first-order valence-corrected chi connectivity index (χ1v) is 7.40. The molecular formula is C13H14BrNS. The summed E-state index contributed by atoms with van der Waals surface area (Å²) in [6.07, 6.45) is 5.50. The van der Waals surface area contributed by atoms with Gasteiger partial charge in [0.1, 0.15) is 6.07 Å². The molecule has 0 aromatic heterocycles. The lowest BCUT2D eigenvalue weighted by Gasteiger charge is -2.09. The summed E-state index contributed by atoms with van der Waals surface area (Å²) in [7, 11) is 0. The Morgan fingerprint density at radius 2 is 2.12 bits per heavy atom. The van der Waals surface area contributed by atoms with Gasteiger partial charge in [-0.3, -0.25) is 0 Å². The van der Waals surface area contributed by atoms with Crippen LogP contribution in [0.25, 0.3) is 0 Å². The number of nitriles is 1. The van der Waals surface area contributed by atoms with E-state index in [0.29, 0.717) is 0 Å². The molecule has 84 valence electrons. The van der Waals surface area contributed by atoms with E-state index in [1.54, 1.807) is 0 Å². The van der Waals surface area contributed by atoms with Crippen molar-refractivity contribution in [2.45, 2.75) is 30.6 Å². The Labute approximate surface area is 109 Å². The van der Waals surface area contributed by atoms with E-state index >= 15 is 0 Å². The molecule has 1 fully saturated rings. The Hall–Kier alpha value is -0.460. The molecule has 1 aliphatic rings. The van der Waals surface area contributed by atoms with Gasteiger partial charge in [0.05, 0.1) is 5.56 Å². The Morgan fingerprint density at radius 1 is 1.38 bits per heavy atom. The van der Waals surface area contributed by atoms with Gasteiger partial charge in [0.2, 0.25) is 0 Å². The quantitative estimate of drug-likeness (QED) is 0.761. The van der Waals surface area contributed by atoms with Crippen molar-refractivity contribution in [3.8, 4) is 6.07 Å². The highest BCUT2D eigenvalue weighted by Crippen LogP contribution is 2.33. The molecule has 0 N–H and O–H groups in total. The maximum absolute atomic E-state index is 9.10. The number of hydrogen-bond acceptors (Lipinski definition) is 2. The third-order valence-corrected chi connectivity index (χ3v) is 4.99. The summed E-state index contributed by atoms with van der Waals surface area (Å²) in [5.74, 6) is 2.01. The molecule has 3 heteroatoms. The summed E-state index contributed by atoms with van der Waals surface area (Å²) in [6, 6.07) is 8.25. The molecule has 2 rings (SSSR count). The van der Waals surface area contributed by atoms with E-state index in [-0.39, 0.29) is 0 Å². The van der Waals surface area contributed by atoms with Crippen molar-refractivity contribution in [1.82, 2.24) is 0 Å². The zero-order chi connectivity index (χ0) is 11.4. The third-order valence-electron chi connectivity index (χ3n) is 3.04. The highest BCUT2D eigenvalue weighted by molar-refractivity contribution is 9.10. The first kappa shape index (κ1) is 12.0. The number of rotatable bonds is 3. The van der Waals surface area contributed by atoms with Gasteiger partial charge >= 0.3 is 0 Å². The van der Waals surface area contributed by atoms with Crippen molar-refractivity contribution in [3.63, 3.8) is 0 Å². The molecule has 0 saturated heterocycles. The van der Waals surface area contributed by atoms with Gasteiger partial charge in [0.15, 0.2) is 0 Å². The number of nitrogens with zero attached hydrogens (tertiary/aromatic N) is 1. The van der Waals surface area contributed by atoms with Gasteiger partial charge in [-0.05, 0) is 46.8 Å². The Bertz CT molecular complexity index is 405. The molecule has 1 saturated carbocycles. The molecule has 16 heavy (non-hydrogen) atoms. The van der Waals surface area contributed by atoms with Gasteiger partial charge in [-0.15, -0.1) is 11.8 Å². The van der Waals surface area contributed by atoms with Gasteiger partial charge < -0.3 is 0 Å². The average molecular weight is 296 g/mol. The van der Waals surface area contributed by atoms with E-state index in [0.717, 1.165) is 26.6 Å². The van der Waals surface area contributed by atoms with E-state index in [9.17, 15) is 0 Å². The van der Waals surface area contributed by atoms with Crippen LogP contribution in [0.1, 0.15) is 31.2 Å². The summed E-state index contributed by atoms with van der Waals surface area (Å²) in [5.41, 5.74) is 0.783. The Morgan fingerprint density at radius 3 is 2.81 bits per heavy atom. The molecule has 0 heterocycles. The third kappa shape index (κ3) is 2.81. The number of hydrogen-bond donors (Lipinski definition) is 0. The second-order valence-corrected chi connectivity index (χ2v) is 6.10. The van der Waals surface area contributed by atoms with Gasteiger partial charge in [0, 0.05) is 15.1 Å². The topological polar surface area (TPSA) is 23.8 Å². The molecule has 1 aromatic carbocycles. The van der Waals surface area contributed by atoms with Gasteiger partial charge in [-0.25, -0.2) is 0 Å². The minimum atomic E-state index is 0.783. The van der Waals surface area contributed by atoms with Crippen LogP contribution in [0.4, 0.5) is 0 Å². The highest BCUT2D eigenvalue weighted by Gasteiger charge is 2.16. The monoisotopic (exact) mass is 295 g/mol. The first-order chi connectivity index (χ1) is 7.81. The molecule has 0 spiro atoms. The molecule has 0 unspecified atom stereocenters. The van der Waals surface area contributed by atoms with Crippen LogP contribution in [0.15, 0.2) is 27.6 Å². The molecule has 1 aliphatic carbocycles. The number of halogens is 1. The fraction of sp³-hybridized carbons (Fsp3) is 0.462. The second kappa shape index (κ2) is 5.75. The summed E-state index contributed by atoms with van der Waals surface area (Å²) < 4.78 is 0.909. The largest absolute Gasteiger partial charge is 0.192 e. The van der Waals surface area contributed by atoms with Crippen molar-refractivity contribution < 1.29 is 0 Å². The van der Waals surface area contributed by atoms with Crippen LogP contribution in [0, 0.1) is 17.2 Å². The molecule has 0 atom stereocenters. The van der Waals surface area contributed by atoms with Gasteiger partial charge in [0.25, 0.3) is 0 Å². The zero-order valence-electron chi connectivity index (χ0n) is 9.08. The minimum absolute atomic E-state index is 0.783. The summed E-state index contributed by atoms with van der Waals surface area (Å²) >= 11 is 5.26. The van der Waals surface area contributed by atoms with Crippen molar-refractivity contribution in [2.24, 2.45) is 5.92 Å². The minimum Gasteiger partial charge on any atom is -0.192 e. The van der Waals surface area contributed by atoms with Crippen LogP contribution in [0.5, 0.6) is 0 Å². The maximum atomic E-state index is 9.10. The molecule has 0 aliphatic heterocycles. The average Bonchev–Trinajstić information content (AvgIpc) is 2.79. The van der Waals surface area contributed by atoms with E-state index in [1.165, 1.54) is 25.7 Å². The maximum Gasteiger partial charge on any atom is 0.101 e. The van der Waals surface area contributed by atoms with Crippen molar-refractivity contribution in [1.29, 1.82) is 5.26 Å². The van der Waals surface area contributed by atoms with Gasteiger partial charge in [-0.1, -0.05) is 18.9 Å². The molecule has 0 amide bonds. The van der Waals surface area contributed by atoms with E-state index in [2.05, 4.69) is 22.0 Å². The smallest absolute Gasteiger partial charge is 0.101 e. The van der Waals surface area contributed by atoms with Crippen LogP contribution in [0.3, 0.4) is 0 Å². The van der Waals surface area contributed by atoms with Crippen LogP contribution < -0.4 is 0 Å². The van der Waals surface area contributed by atoms with E-state index < -0.39 is 0 Å². The second-order valence-electron chi connectivity index (χ2n) is 4.19. The Balaban J connectivity index is 2.03. The van der Waals surface area contributed by atoms with Crippen LogP contribution >= 0.6 is 27.7 Å². The van der Waals surface area contributed by atoms with Gasteiger partial charge in [-0.2, -0.15) is 5.26 Å². The number of thioether (sulfide) groups is 1. The standard InChI is InChI=1S/C13H14BrNS/c14-12-6-3-7-13(11(12)8-15)16-9-10-4-1-2-5-10/h3,6-7,10H,1-2,4-5,9H2. The normalized spacial score (nSPS) is 16.2. The fourth-order valence-electron chi connectivity index (χ4n) is 2.12. The molecule has 1 nitrogen and oxygen atoms in total. The SMILES string of the molecule is N#Cc1c(Br)cccc1SCC1CCCC1. The molecule has 1 aromatic rings. The van der Waals surface area contributed by atoms with Crippen molar-refractivity contribution >= 4 is 27.7 Å². The van der Waals surface area contributed by atoms with E-state index in [4.69, 9.17) is 5.26 Å². The van der Waals surface area contributed by atoms with Crippen LogP contribution in [0.2, 0.25) is 0 Å². The zero-order valence-corrected chi connectivity index (χ0v) is 11.5. The lowest BCUT2D eigenvalue weighted by Crippen LogP contribution is -1.97. The first-order valence-electron chi connectivity index (χ1n) is 5.62. The van der Waals surface area contributed by atoms with Crippen molar-refractivity contribution in [2.75, 3.05) is 5.75 Å². The predicted molar refractivity (Wildman–Crippen MR) is 71.5 cm³/mol. The summed E-state index contributed by atoms with van der Waals surface area (Å²) in [6.45, 7) is 0.